The van der Waals surface area contributed by atoms with Crippen LogP contribution in [0.2, 0.25) is 0 Å². The number of hydrogen-bond acceptors (Lipinski definition) is 6. The van der Waals surface area contributed by atoms with Crippen molar-refractivity contribution in [2.75, 3.05) is 19.6 Å². The van der Waals surface area contributed by atoms with Crippen molar-refractivity contribution in [2.24, 2.45) is 5.92 Å². The Labute approximate surface area is 265 Å². The fourth-order valence-corrected chi connectivity index (χ4v) is 6.72. The van der Waals surface area contributed by atoms with Gasteiger partial charge in [0.2, 0.25) is 15.9 Å². The Hall–Kier alpha value is -3.90. The van der Waals surface area contributed by atoms with E-state index in [0.29, 0.717) is 19.0 Å². The van der Waals surface area contributed by atoms with E-state index in [4.69, 9.17) is 4.74 Å². The number of nitrogens with one attached hydrogen (secondary N) is 2. The maximum atomic E-state index is 12.9. The molecule has 3 aromatic rings. The van der Waals surface area contributed by atoms with Crippen LogP contribution in [-0.2, 0) is 37.3 Å². The number of nitrogens with zero attached hydrogens (tertiary/aromatic N) is 2. The Balaban J connectivity index is 1.30. The highest BCUT2D eigenvalue weighted by atomic mass is 32.2. The van der Waals surface area contributed by atoms with Gasteiger partial charge < -0.3 is 24.6 Å². The maximum absolute atomic E-state index is 12.9. The lowest BCUT2D eigenvalue weighted by Crippen LogP contribution is -2.48. The third-order valence-electron chi connectivity index (χ3n) is 7.93. The SMILES string of the molecule is Cc1ccc(S(=O)(=O)N[C@@H](CNC(=O)Cc2cn(CCCC3CCN(C(=O)OC(C)(C)C)CC3)c3ccccc23)C(=O)O)cc1. The highest BCUT2D eigenvalue weighted by molar-refractivity contribution is 7.89. The van der Waals surface area contributed by atoms with E-state index < -0.39 is 40.1 Å². The average molecular weight is 641 g/mol. The molecule has 1 aliphatic heterocycles. The van der Waals surface area contributed by atoms with E-state index in [9.17, 15) is 27.9 Å². The van der Waals surface area contributed by atoms with Gasteiger partial charge in [-0.15, -0.1) is 0 Å². The molecule has 12 heteroatoms. The molecule has 1 fully saturated rings. The summed E-state index contributed by atoms with van der Waals surface area (Å²) in [5.74, 6) is -1.27. The van der Waals surface area contributed by atoms with Crippen LogP contribution in [0.1, 0.15) is 57.6 Å². The zero-order chi connectivity index (χ0) is 32.8. The highest BCUT2D eigenvalue weighted by Crippen LogP contribution is 2.26. The first-order valence-electron chi connectivity index (χ1n) is 15.3. The second-order valence-electron chi connectivity index (χ2n) is 12.7. The Kier molecular flexibility index (Phi) is 10.9. The molecule has 11 nitrogen and oxygen atoms in total. The second-order valence-corrected chi connectivity index (χ2v) is 14.4. The van der Waals surface area contributed by atoms with Gasteiger partial charge in [-0.3, -0.25) is 9.59 Å². The van der Waals surface area contributed by atoms with E-state index in [1.165, 1.54) is 12.1 Å². The summed E-state index contributed by atoms with van der Waals surface area (Å²) in [4.78, 5) is 38.8. The molecule has 1 atom stereocenters. The summed E-state index contributed by atoms with van der Waals surface area (Å²) < 4.78 is 35.2. The Morgan fingerprint density at radius 2 is 1.71 bits per heavy atom. The zero-order valence-corrected chi connectivity index (χ0v) is 27.2. The molecular formula is C33H44N4O7S. The van der Waals surface area contributed by atoms with Crippen LogP contribution in [0.4, 0.5) is 4.79 Å². The topological polar surface area (TPSA) is 147 Å². The molecule has 1 saturated heterocycles. The molecule has 0 aliphatic carbocycles. The van der Waals surface area contributed by atoms with Gasteiger partial charge in [0.15, 0.2) is 0 Å². The predicted molar refractivity (Wildman–Crippen MR) is 171 cm³/mol. The van der Waals surface area contributed by atoms with Crippen molar-refractivity contribution in [3.8, 4) is 0 Å². The number of sulfonamides is 1. The van der Waals surface area contributed by atoms with Crippen LogP contribution in [0.5, 0.6) is 0 Å². The number of aliphatic carboxylic acids is 1. The van der Waals surface area contributed by atoms with E-state index >= 15 is 0 Å². The number of aromatic nitrogens is 1. The summed E-state index contributed by atoms with van der Waals surface area (Å²) in [7, 11) is -4.09. The van der Waals surface area contributed by atoms with Crippen LogP contribution in [0, 0.1) is 12.8 Å². The maximum Gasteiger partial charge on any atom is 0.410 e. The van der Waals surface area contributed by atoms with Crippen LogP contribution in [0.3, 0.4) is 0 Å². The highest BCUT2D eigenvalue weighted by Gasteiger charge is 2.28. The molecule has 45 heavy (non-hydrogen) atoms. The molecule has 2 aromatic carbocycles. The first kappa shape index (κ1) is 34.0. The second kappa shape index (κ2) is 14.5. The lowest BCUT2D eigenvalue weighted by atomic mass is 9.92. The molecule has 2 heterocycles. The van der Waals surface area contributed by atoms with Crippen molar-refractivity contribution >= 4 is 38.9 Å². The number of benzene rings is 2. The van der Waals surface area contributed by atoms with Crippen molar-refractivity contribution in [3.63, 3.8) is 0 Å². The van der Waals surface area contributed by atoms with Crippen molar-refractivity contribution in [3.05, 3.63) is 65.9 Å². The third kappa shape index (κ3) is 9.54. The minimum absolute atomic E-state index is 0.0215. The minimum Gasteiger partial charge on any atom is -0.480 e. The van der Waals surface area contributed by atoms with Gasteiger partial charge in [0, 0.05) is 43.3 Å². The number of hydrogen-bond donors (Lipinski definition) is 3. The normalized spacial score (nSPS) is 15.2. The number of carboxylic acids is 1. The molecule has 0 spiro atoms. The lowest BCUT2D eigenvalue weighted by Gasteiger charge is -2.33. The fraction of sp³-hybridized carbons (Fsp3) is 0.485. The summed E-state index contributed by atoms with van der Waals surface area (Å²) >= 11 is 0. The number of amides is 2. The number of carbonyl (C=O) groups excluding carboxylic acids is 2. The Morgan fingerprint density at radius 1 is 1.04 bits per heavy atom. The first-order valence-corrected chi connectivity index (χ1v) is 16.8. The van der Waals surface area contributed by atoms with Crippen molar-refractivity contribution < 1.29 is 32.6 Å². The average Bonchev–Trinajstić information content (AvgIpc) is 3.31. The van der Waals surface area contributed by atoms with Crippen molar-refractivity contribution in [1.82, 2.24) is 19.5 Å². The van der Waals surface area contributed by atoms with Crippen LogP contribution in [0.15, 0.2) is 59.6 Å². The van der Waals surface area contributed by atoms with Crippen molar-refractivity contribution in [2.45, 2.75) is 82.9 Å². The standard InChI is InChI=1S/C33H44N4O7S/c1-23-11-13-26(14-12-23)45(42,43)35-28(31(39)40)21-34-30(38)20-25-22-37(29-10-6-5-9-27(25)29)17-7-8-24-15-18-36(19-16-24)32(41)44-33(2,3)4/h5-6,9-14,22,24,28,35H,7-8,15-21H2,1-4H3,(H,34,38)(H,39,40)/t28-/m0/s1. The number of rotatable bonds is 12. The molecule has 244 valence electrons. The van der Waals surface area contributed by atoms with E-state index in [0.717, 1.165) is 54.3 Å². The van der Waals surface area contributed by atoms with E-state index in [-0.39, 0.29) is 17.4 Å². The van der Waals surface area contributed by atoms with Gasteiger partial charge in [0.25, 0.3) is 0 Å². The summed E-state index contributed by atoms with van der Waals surface area (Å²) in [5.41, 5.74) is 2.18. The van der Waals surface area contributed by atoms with Gasteiger partial charge in [-0.2, -0.15) is 4.72 Å². The molecule has 0 bridgehead atoms. The van der Waals surface area contributed by atoms with Crippen LogP contribution in [-0.4, -0.2) is 72.2 Å². The monoisotopic (exact) mass is 640 g/mol. The number of aryl methyl sites for hydroxylation is 2. The van der Waals surface area contributed by atoms with E-state index in [2.05, 4.69) is 14.6 Å². The largest absolute Gasteiger partial charge is 0.480 e. The fourth-order valence-electron chi connectivity index (χ4n) is 5.53. The van der Waals surface area contributed by atoms with Gasteiger partial charge in [-0.1, -0.05) is 35.9 Å². The molecule has 1 aliphatic rings. The van der Waals surface area contributed by atoms with E-state index in [1.807, 2.05) is 58.2 Å². The molecule has 0 radical (unpaired) electrons. The number of fused-ring (bicyclic) bond motifs is 1. The van der Waals surface area contributed by atoms with Gasteiger partial charge in [-0.05, 0) is 83.1 Å². The van der Waals surface area contributed by atoms with Crippen LogP contribution in [0.25, 0.3) is 10.9 Å². The zero-order valence-electron chi connectivity index (χ0n) is 26.4. The molecular weight excluding hydrogens is 596 g/mol. The molecule has 2 amide bonds. The summed E-state index contributed by atoms with van der Waals surface area (Å²) in [6.45, 7) is 9.20. The first-order chi connectivity index (χ1) is 21.2. The van der Waals surface area contributed by atoms with Gasteiger partial charge in [-0.25, -0.2) is 13.2 Å². The number of likely N-dealkylation sites (tertiary alicyclic amines) is 1. The summed E-state index contributed by atoms with van der Waals surface area (Å²) in [5, 5.41) is 13.1. The smallest absolute Gasteiger partial charge is 0.410 e. The van der Waals surface area contributed by atoms with Crippen LogP contribution >= 0.6 is 0 Å². The Morgan fingerprint density at radius 3 is 2.36 bits per heavy atom. The lowest BCUT2D eigenvalue weighted by molar-refractivity contribution is -0.138. The Bertz CT molecular complexity index is 1600. The number of carbonyl (C=O) groups is 3. The number of piperidine rings is 1. The predicted octanol–water partition coefficient (Wildman–Crippen LogP) is 4.47. The number of ether oxygens (including phenoxy) is 1. The van der Waals surface area contributed by atoms with Gasteiger partial charge in [0.05, 0.1) is 11.3 Å². The molecule has 1 aromatic heterocycles. The number of carboxylic acid groups (broad SMARTS) is 1. The van der Waals surface area contributed by atoms with Crippen LogP contribution < -0.4 is 10.0 Å². The molecule has 0 unspecified atom stereocenters. The van der Waals surface area contributed by atoms with E-state index in [1.54, 1.807) is 17.0 Å². The van der Waals surface area contributed by atoms with Crippen molar-refractivity contribution in [1.29, 1.82) is 0 Å². The number of para-hydroxylation sites is 1. The molecule has 3 N–H and O–H groups in total. The summed E-state index contributed by atoms with van der Waals surface area (Å²) in [6, 6.07) is 12.4. The quantitative estimate of drug-likeness (QED) is 0.265. The minimum atomic E-state index is -4.09. The van der Waals surface area contributed by atoms with Gasteiger partial charge in [0.1, 0.15) is 11.6 Å². The summed E-state index contributed by atoms with van der Waals surface area (Å²) in [6.07, 6.45) is 5.59. The third-order valence-corrected chi connectivity index (χ3v) is 9.42. The van der Waals surface area contributed by atoms with Gasteiger partial charge >= 0.3 is 12.1 Å². The molecule has 0 saturated carbocycles. The molecule has 4 rings (SSSR count).